The number of anilines is 3. The Labute approximate surface area is 320 Å². The Kier molecular flexibility index (Phi) is 8.16. The Bertz CT molecular complexity index is 2850. The summed E-state index contributed by atoms with van der Waals surface area (Å²) < 4.78 is 0. The Morgan fingerprint density at radius 3 is 1.40 bits per heavy atom. The van der Waals surface area contributed by atoms with Crippen LogP contribution < -0.4 is 4.90 Å². The van der Waals surface area contributed by atoms with Crippen LogP contribution in [0.3, 0.4) is 0 Å². The lowest BCUT2D eigenvalue weighted by atomic mass is 9.90. The number of pyridine rings is 2. The van der Waals surface area contributed by atoms with Crippen molar-refractivity contribution in [2.75, 3.05) is 4.90 Å². The van der Waals surface area contributed by atoms with Crippen LogP contribution in [0.1, 0.15) is 0 Å². The molecule has 8 aromatic carbocycles. The van der Waals surface area contributed by atoms with E-state index < -0.39 is 0 Å². The molecule has 2 aromatic heterocycles. The third kappa shape index (κ3) is 5.89. The zero-order valence-electron chi connectivity index (χ0n) is 30.0. The highest BCUT2D eigenvalue weighted by Crippen LogP contribution is 2.45. The average molecular weight is 702 g/mol. The second-order valence-corrected chi connectivity index (χ2v) is 13.8. The fourth-order valence-corrected chi connectivity index (χ4v) is 7.90. The van der Waals surface area contributed by atoms with E-state index in [4.69, 9.17) is 9.97 Å². The fraction of sp³-hybridized carbons (Fsp3) is 0. The summed E-state index contributed by atoms with van der Waals surface area (Å²) in [5, 5.41) is 5.78. The zero-order chi connectivity index (χ0) is 36.6. The quantitative estimate of drug-likeness (QED) is 0.155. The van der Waals surface area contributed by atoms with Gasteiger partial charge < -0.3 is 4.90 Å². The maximum atomic E-state index is 5.57. The standard InChI is InChI=1S/C52H35N3/c1-6-18-36(19-7-1)47-34-39(35-48(53-47)37-20-8-2-9-21-37)42-28-16-29-44-43(42)32-33-46-50(44)45-30-17-31-49(52(45)54-51(46)38-22-10-3-11-23-38)55(40-24-12-4-13-25-40)41-26-14-5-15-27-41/h1-35H. The Balaban J connectivity index is 1.28. The highest BCUT2D eigenvalue weighted by atomic mass is 15.1. The summed E-state index contributed by atoms with van der Waals surface area (Å²) in [4.78, 5) is 13.1. The molecule has 0 saturated carbocycles. The maximum absolute atomic E-state index is 5.57. The van der Waals surface area contributed by atoms with Gasteiger partial charge in [-0.25, -0.2) is 9.97 Å². The molecule has 0 atom stereocenters. The Hall–Kier alpha value is -7.36. The summed E-state index contributed by atoms with van der Waals surface area (Å²) in [5.74, 6) is 0. The zero-order valence-corrected chi connectivity index (χ0v) is 30.0. The minimum atomic E-state index is 0.945. The first-order valence-corrected chi connectivity index (χ1v) is 18.7. The van der Waals surface area contributed by atoms with Crippen LogP contribution in [0.25, 0.3) is 77.3 Å². The summed E-state index contributed by atoms with van der Waals surface area (Å²) in [7, 11) is 0. The average Bonchev–Trinajstić information content (AvgIpc) is 3.27. The van der Waals surface area contributed by atoms with Crippen molar-refractivity contribution in [2.45, 2.75) is 0 Å². The largest absolute Gasteiger partial charge is 0.308 e. The number of nitrogens with zero attached hydrogens (tertiary/aromatic N) is 3. The van der Waals surface area contributed by atoms with Gasteiger partial charge in [0.2, 0.25) is 0 Å². The molecule has 0 radical (unpaired) electrons. The van der Waals surface area contributed by atoms with Crippen molar-refractivity contribution in [3.63, 3.8) is 0 Å². The molecule has 10 rings (SSSR count). The molecule has 0 aliphatic rings. The van der Waals surface area contributed by atoms with Crippen LogP contribution in [0.15, 0.2) is 212 Å². The van der Waals surface area contributed by atoms with Gasteiger partial charge in [-0.05, 0) is 64.4 Å². The minimum Gasteiger partial charge on any atom is -0.308 e. The van der Waals surface area contributed by atoms with Gasteiger partial charge in [-0.1, -0.05) is 170 Å². The highest BCUT2D eigenvalue weighted by molar-refractivity contribution is 6.25. The summed E-state index contributed by atoms with van der Waals surface area (Å²) in [5.41, 5.74) is 12.5. The first kappa shape index (κ1) is 32.3. The molecule has 55 heavy (non-hydrogen) atoms. The minimum absolute atomic E-state index is 0.945. The summed E-state index contributed by atoms with van der Waals surface area (Å²) >= 11 is 0. The topological polar surface area (TPSA) is 29.0 Å². The van der Waals surface area contributed by atoms with Gasteiger partial charge in [0, 0.05) is 44.2 Å². The van der Waals surface area contributed by atoms with Crippen LogP contribution in [-0.4, -0.2) is 9.97 Å². The van der Waals surface area contributed by atoms with Gasteiger partial charge in [0.05, 0.1) is 28.3 Å². The van der Waals surface area contributed by atoms with Crippen molar-refractivity contribution >= 4 is 49.5 Å². The molecular weight excluding hydrogens is 667 g/mol. The number of aromatic nitrogens is 2. The number of hydrogen-bond acceptors (Lipinski definition) is 3. The molecular formula is C52H35N3. The molecule has 0 spiro atoms. The smallest absolute Gasteiger partial charge is 0.0956 e. The predicted octanol–water partition coefficient (Wildman–Crippen LogP) is 14.1. The Morgan fingerprint density at radius 2 is 0.818 bits per heavy atom. The van der Waals surface area contributed by atoms with Gasteiger partial charge in [0.25, 0.3) is 0 Å². The van der Waals surface area contributed by atoms with Crippen LogP contribution in [0.2, 0.25) is 0 Å². The Morgan fingerprint density at radius 1 is 0.327 bits per heavy atom. The van der Waals surface area contributed by atoms with Crippen molar-refractivity contribution in [1.82, 2.24) is 9.97 Å². The molecule has 3 heteroatoms. The van der Waals surface area contributed by atoms with E-state index in [1.165, 1.54) is 16.2 Å². The van der Waals surface area contributed by atoms with Crippen LogP contribution in [0.4, 0.5) is 17.1 Å². The van der Waals surface area contributed by atoms with Crippen molar-refractivity contribution in [3.05, 3.63) is 212 Å². The third-order valence-electron chi connectivity index (χ3n) is 10.4. The molecule has 0 unspecified atom stereocenters. The summed E-state index contributed by atoms with van der Waals surface area (Å²) in [6.45, 7) is 0. The van der Waals surface area contributed by atoms with Gasteiger partial charge >= 0.3 is 0 Å². The van der Waals surface area contributed by atoms with Crippen LogP contribution >= 0.6 is 0 Å². The summed E-state index contributed by atoms with van der Waals surface area (Å²) in [6.07, 6.45) is 0. The van der Waals surface area contributed by atoms with Gasteiger partial charge in [0.1, 0.15) is 0 Å². The molecule has 0 N–H and O–H groups in total. The monoisotopic (exact) mass is 701 g/mol. The van der Waals surface area contributed by atoms with Crippen molar-refractivity contribution in [2.24, 2.45) is 0 Å². The lowest BCUT2D eigenvalue weighted by molar-refractivity contribution is 1.28. The van der Waals surface area contributed by atoms with Crippen LogP contribution in [0, 0.1) is 0 Å². The van der Waals surface area contributed by atoms with Gasteiger partial charge in [-0.3, -0.25) is 0 Å². The van der Waals surface area contributed by atoms with E-state index in [0.29, 0.717) is 0 Å². The molecule has 0 saturated heterocycles. The van der Waals surface area contributed by atoms with Crippen LogP contribution in [-0.2, 0) is 0 Å². The van der Waals surface area contributed by atoms with E-state index in [-0.39, 0.29) is 0 Å². The molecule has 0 aliphatic carbocycles. The van der Waals surface area contributed by atoms with Crippen molar-refractivity contribution in [3.8, 4) is 44.9 Å². The van der Waals surface area contributed by atoms with Gasteiger partial charge in [0.15, 0.2) is 0 Å². The second-order valence-electron chi connectivity index (χ2n) is 13.8. The third-order valence-corrected chi connectivity index (χ3v) is 10.4. The van der Waals surface area contributed by atoms with E-state index >= 15 is 0 Å². The molecule has 10 aromatic rings. The number of hydrogen-bond donors (Lipinski definition) is 0. The number of fused-ring (bicyclic) bond motifs is 5. The summed E-state index contributed by atoms with van der Waals surface area (Å²) in [6, 6.07) is 75.0. The fourth-order valence-electron chi connectivity index (χ4n) is 7.90. The van der Waals surface area contributed by atoms with E-state index in [1.807, 2.05) is 0 Å². The first-order chi connectivity index (χ1) is 27.3. The maximum Gasteiger partial charge on any atom is 0.0956 e. The van der Waals surface area contributed by atoms with E-state index in [0.717, 1.165) is 78.3 Å². The lowest BCUT2D eigenvalue weighted by Gasteiger charge is -2.27. The molecule has 0 fully saturated rings. The van der Waals surface area contributed by atoms with Gasteiger partial charge in [-0.15, -0.1) is 0 Å². The number of rotatable bonds is 7. The lowest BCUT2D eigenvalue weighted by Crippen LogP contribution is -2.11. The molecule has 2 heterocycles. The molecule has 3 nitrogen and oxygen atoms in total. The normalized spacial score (nSPS) is 11.3. The predicted molar refractivity (Wildman–Crippen MR) is 231 cm³/mol. The number of para-hydroxylation sites is 3. The number of benzene rings is 8. The van der Waals surface area contributed by atoms with E-state index in [1.54, 1.807) is 0 Å². The first-order valence-electron chi connectivity index (χ1n) is 18.7. The molecule has 0 bridgehead atoms. The molecule has 258 valence electrons. The SMILES string of the molecule is c1ccc(-c2cc(-c3cccc4c3ccc3c(-c5ccccc5)nc5c(N(c6ccccc6)c6ccccc6)cccc5c34)cc(-c3ccccc3)n2)cc1. The van der Waals surface area contributed by atoms with E-state index in [9.17, 15) is 0 Å². The van der Waals surface area contributed by atoms with E-state index in [2.05, 4.69) is 217 Å². The van der Waals surface area contributed by atoms with Gasteiger partial charge in [-0.2, -0.15) is 0 Å². The van der Waals surface area contributed by atoms with Crippen molar-refractivity contribution < 1.29 is 0 Å². The highest BCUT2D eigenvalue weighted by Gasteiger charge is 2.21. The molecule has 0 aliphatic heterocycles. The second kappa shape index (κ2) is 13.9. The van der Waals surface area contributed by atoms with Crippen LogP contribution in [0.5, 0.6) is 0 Å². The van der Waals surface area contributed by atoms with Crippen molar-refractivity contribution in [1.29, 1.82) is 0 Å². The molecule has 0 amide bonds.